The highest BCUT2D eigenvalue weighted by atomic mass is 32.2. The summed E-state index contributed by atoms with van der Waals surface area (Å²) in [6.07, 6.45) is 1.62. The zero-order chi connectivity index (χ0) is 15.2. The number of benzene rings is 1. The summed E-state index contributed by atoms with van der Waals surface area (Å²) in [5.74, 6) is 0. The molecule has 0 radical (unpaired) electrons. The summed E-state index contributed by atoms with van der Waals surface area (Å²) in [6.45, 7) is 5.79. The first kappa shape index (κ1) is 16.9. The van der Waals surface area contributed by atoms with E-state index in [9.17, 15) is 8.42 Å². The molecule has 1 atom stereocenters. The van der Waals surface area contributed by atoms with Crippen molar-refractivity contribution in [2.45, 2.75) is 50.6 Å². The fourth-order valence-corrected chi connectivity index (χ4v) is 3.11. The van der Waals surface area contributed by atoms with Crippen LogP contribution in [-0.2, 0) is 10.0 Å². The summed E-state index contributed by atoms with van der Waals surface area (Å²) in [6, 6.07) is 6.79. The molecule has 6 heteroatoms. The molecule has 0 heterocycles. The number of anilines is 1. The number of hydrogen-bond donors (Lipinski definition) is 3. The van der Waals surface area contributed by atoms with Crippen LogP contribution in [0, 0.1) is 0 Å². The number of rotatable bonds is 8. The van der Waals surface area contributed by atoms with Gasteiger partial charge in [-0.25, -0.2) is 13.1 Å². The van der Waals surface area contributed by atoms with Crippen LogP contribution in [0.4, 0.5) is 5.69 Å². The van der Waals surface area contributed by atoms with Crippen molar-refractivity contribution >= 4 is 15.7 Å². The normalized spacial score (nSPS) is 13.4. The van der Waals surface area contributed by atoms with Crippen LogP contribution in [0.25, 0.3) is 0 Å². The predicted octanol–water partition coefficient (Wildman–Crippen LogP) is 1.95. The van der Waals surface area contributed by atoms with Gasteiger partial charge in [-0.3, -0.25) is 0 Å². The highest BCUT2D eigenvalue weighted by molar-refractivity contribution is 7.89. The second-order valence-electron chi connectivity index (χ2n) is 5.21. The molecular weight excluding hydrogens is 276 g/mol. The summed E-state index contributed by atoms with van der Waals surface area (Å²) in [5, 5.41) is 12.0. The Morgan fingerprint density at radius 3 is 2.25 bits per heavy atom. The maximum Gasteiger partial charge on any atom is 0.240 e. The van der Waals surface area contributed by atoms with Gasteiger partial charge in [-0.15, -0.1) is 0 Å². The Bertz CT molecular complexity index is 498. The summed E-state index contributed by atoms with van der Waals surface area (Å²) in [5.41, 5.74) is 0.874. The molecule has 0 saturated heterocycles. The SMILES string of the molecule is CC(C)NS(=O)(=O)c1ccc(NC(C)CCCO)cc1. The predicted molar refractivity (Wildman–Crippen MR) is 81.3 cm³/mol. The van der Waals surface area contributed by atoms with Gasteiger partial charge in [-0.05, 0) is 57.9 Å². The molecule has 1 rings (SSSR count). The smallest absolute Gasteiger partial charge is 0.240 e. The van der Waals surface area contributed by atoms with Crippen LogP contribution >= 0.6 is 0 Å². The van der Waals surface area contributed by atoms with E-state index in [0.717, 1.165) is 18.5 Å². The van der Waals surface area contributed by atoms with Crippen LogP contribution < -0.4 is 10.0 Å². The monoisotopic (exact) mass is 300 g/mol. The van der Waals surface area contributed by atoms with Crippen molar-refractivity contribution in [1.29, 1.82) is 0 Å². The van der Waals surface area contributed by atoms with Crippen molar-refractivity contribution in [2.24, 2.45) is 0 Å². The number of nitrogens with one attached hydrogen (secondary N) is 2. The molecule has 20 heavy (non-hydrogen) atoms. The first-order valence-corrected chi connectivity index (χ1v) is 8.33. The Morgan fingerprint density at radius 2 is 1.75 bits per heavy atom. The van der Waals surface area contributed by atoms with Crippen LogP contribution in [0.2, 0.25) is 0 Å². The molecule has 114 valence electrons. The van der Waals surface area contributed by atoms with E-state index in [1.54, 1.807) is 38.1 Å². The molecule has 1 aromatic carbocycles. The zero-order valence-electron chi connectivity index (χ0n) is 12.3. The minimum absolute atomic E-state index is 0.128. The van der Waals surface area contributed by atoms with Crippen LogP contribution in [0.3, 0.4) is 0 Å². The summed E-state index contributed by atoms with van der Waals surface area (Å²) >= 11 is 0. The van der Waals surface area contributed by atoms with Crippen molar-refractivity contribution in [3.05, 3.63) is 24.3 Å². The van der Waals surface area contributed by atoms with Crippen LogP contribution in [0.1, 0.15) is 33.6 Å². The standard InChI is InChI=1S/C14H24N2O3S/c1-11(2)16-20(18,19)14-8-6-13(7-9-14)15-12(3)5-4-10-17/h6-9,11-12,15-17H,4-5,10H2,1-3H3. The van der Waals surface area contributed by atoms with E-state index in [0.29, 0.717) is 0 Å². The van der Waals surface area contributed by atoms with Crippen molar-refractivity contribution in [2.75, 3.05) is 11.9 Å². The first-order valence-electron chi connectivity index (χ1n) is 6.85. The average molecular weight is 300 g/mol. The minimum Gasteiger partial charge on any atom is -0.396 e. The van der Waals surface area contributed by atoms with Crippen LogP contribution in [0.15, 0.2) is 29.2 Å². The van der Waals surface area contributed by atoms with Gasteiger partial charge in [0, 0.05) is 24.4 Å². The van der Waals surface area contributed by atoms with E-state index < -0.39 is 10.0 Å². The molecule has 1 unspecified atom stereocenters. The van der Waals surface area contributed by atoms with Crippen LogP contribution in [-0.4, -0.2) is 32.2 Å². The molecule has 0 aromatic heterocycles. The van der Waals surface area contributed by atoms with Crippen molar-refractivity contribution in [3.8, 4) is 0 Å². The van der Waals surface area contributed by atoms with E-state index in [4.69, 9.17) is 5.11 Å². The fraction of sp³-hybridized carbons (Fsp3) is 0.571. The van der Waals surface area contributed by atoms with E-state index >= 15 is 0 Å². The minimum atomic E-state index is -3.43. The summed E-state index contributed by atoms with van der Waals surface area (Å²) in [4.78, 5) is 0.264. The maximum absolute atomic E-state index is 12.0. The van der Waals surface area contributed by atoms with Gasteiger partial charge in [0.1, 0.15) is 0 Å². The summed E-state index contributed by atoms with van der Waals surface area (Å²) < 4.78 is 26.5. The lowest BCUT2D eigenvalue weighted by Crippen LogP contribution is -2.30. The third-order valence-corrected chi connectivity index (χ3v) is 4.44. The fourth-order valence-electron chi connectivity index (χ4n) is 1.86. The summed E-state index contributed by atoms with van der Waals surface area (Å²) in [7, 11) is -3.43. The van der Waals surface area contributed by atoms with Gasteiger partial charge < -0.3 is 10.4 Å². The van der Waals surface area contributed by atoms with E-state index in [1.165, 1.54) is 0 Å². The van der Waals surface area contributed by atoms with Gasteiger partial charge in [0.05, 0.1) is 4.90 Å². The maximum atomic E-state index is 12.0. The number of sulfonamides is 1. The third kappa shape index (κ3) is 5.48. The highest BCUT2D eigenvalue weighted by Crippen LogP contribution is 2.16. The number of aliphatic hydroxyl groups excluding tert-OH is 1. The molecule has 5 nitrogen and oxygen atoms in total. The Labute approximate surface area is 121 Å². The van der Waals surface area contributed by atoms with E-state index in [-0.39, 0.29) is 23.6 Å². The van der Waals surface area contributed by atoms with E-state index in [1.807, 2.05) is 6.92 Å². The highest BCUT2D eigenvalue weighted by Gasteiger charge is 2.14. The molecule has 0 saturated carbocycles. The zero-order valence-corrected chi connectivity index (χ0v) is 13.1. The van der Waals surface area contributed by atoms with Crippen molar-refractivity contribution < 1.29 is 13.5 Å². The molecule has 0 aliphatic heterocycles. The Kier molecular flexibility index (Phi) is 6.45. The number of aliphatic hydroxyl groups is 1. The lowest BCUT2D eigenvalue weighted by atomic mass is 10.2. The lowest BCUT2D eigenvalue weighted by Gasteiger charge is -2.15. The molecule has 1 aromatic rings. The van der Waals surface area contributed by atoms with Gasteiger partial charge in [-0.2, -0.15) is 0 Å². The molecule has 0 aliphatic carbocycles. The molecule has 0 amide bonds. The first-order chi connectivity index (χ1) is 9.35. The van der Waals surface area contributed by atoms with Gasteiger partial charge in [0.2, 0.25) is 10.0 Å². The van der Waals surface area contributed by atoms with Gasteiger partial charge >= 0.3 is 0 Å². The molecule has 0 fully saturated rings. The van der Waals surface area contributed by atoms with Gasteiger partial charge in [-0.1, -0.05) is 0 Å². The van der Waals surface area contributed by atoms with E-state index in [2.05, 4.69) is 10.0 Å². The van der Waals surface area contributed by atoms with Crippen molar-refractivity contribution in [3.63, 3.8) is 0 Å². The van der Waals surface area contributed by atoms with Crippen LogP contribution in [0.5, 0.6) is 0 Å². The van der Waals surface area contributed by atoms with Gasteiger partial charge in [0.25, 0.3) is 0 Å². The Balaban J connectivity index is 2.69. The molecule has 0 bridgehead atoms. The van der Waals surface area contributed by atoms with Gasteiger partial charge in [0.15, 0.2) is 0 Å². The second kappa shape index (κ2) is 7.61. The quantitative estimate of drug-likeness (QED) is 0.685. The molecule has 3 N–H and O–H groups in total. The van der Waals surface area contributed by atoms with Crippen molar-refractivity contribution in [1.82, 2.24) is 4.72 Å². The Hall–Kier alpha value is -1.11. The topological polar surface area (TPSA) is 78.4 Å². The third-order valence-electron chi connectivity index (χ3n) is 2.76. The Morgan fingerprint density at radius 1 is 1.15 bits per heavy atom. The molecule has 0 aliphatic rings. The number of hydrogen-bond acceptors (Lipinski definition) is 4. The average Bonchev–Trinajstić information content (AvgIpc) is 2.35. The molecular formula is C14H24N2O3S. The lowest BCUT2D eigenvalue weighted by molar-refractivity contribution is 0.282. The second-order valence-corrected chi connectivity index (χ2v) is 6.93. The molecule has 0 spiro atoms. The largest absolute Gasteiger partial charge is 0.396 e.